The molecular weight excluding hydrogens is 337 g/mol. The van der Waals surface area contributed by atoms with Gasteiger partial charge in [0.15, 0.2) is 0 Å². The second kappa shape index (κ2) is 8.51. The number of carbonyl (C=O) groups is 1. The van der Waals surface area contributed by atoms with E-state index in [1.165, 1.54) is 0 Å². The van der Waals surface area contributed by atoms with Crippen LogP contribution < -0.4 is 0 Å². The smallest absolute Gasteiger partial charge is 0.253 e. The lowest BCUT2D eigenvalue weighted by atomic mass is 10.1. The first kappa shape index (κ1) is 15.5. The number of rotatable bonds is 7. The van der Waals surface area contributed by atoms with E-state index in [0.717, 1.165) is 47.9 Å². The Morgan fingerprint density at radius 2 is 1.56 bits per heavy atom. The highest BCUT2D eigenvalue weighted by atomic mass is 127. The summed E-state index contributed by atoms with van der Waals surface area (Å²) in [6.07, 6.45) is 4.42. The van der Waals surface area contributed by atoms with Gasteiger partial charge in [-0.15, -0.1) is 0 Å². The Kier molecular flexibility index (Phi) is 7.32. The number of amides is 1. The molecule has 0 saturated heterocycles. The molecule has 0 heterocycles. The number of benzene rings is 1. The van der Waals surface area contributed by atoms with E-state index in [0.29, 0.717) is 0 Å². The van der Waals surface area contributed by atoms with Gasteiger partial charge in [0.2, 0.25) is 0 Å². The van der Waals surface area contributed by atoms with Gasteiger partial charge in [-0.25, -0.2) is 0 Å². The Labute approximate surface area is 124 Å². The molecule has 0 N–H and O–H groups in total. The van der Waals surface area contributed by atoms with Crippen molar-refractivity contribution in [3.05, 3.63) is 33.4 Å². The maximum absolute atomic E-state index is 12.4. The molecule has 1 rings (SSSR count). The van der Waals surface area contributed by atoms with E-state index < -0.39 is 0 Å². The van der Waals surface area contributed by atoms with Crippen molar-refractivity contribution in [1.82, 2.24) is 4.90 Å². The van der Waals surface area contributed by atoms with Crippen LogP contribution in [0.25, 0.3) is 0 Å². The van der Waals surface area contributed by atoms with E-state index in [4.69, 9.17) is 0 Å². The summed E-state index contributed by atoms with van der Waals surface area (Å²) in [7, 11) is 0. The van der Waals surface area contributed by atoms with Crippen molar-refractivity contribution in [2.24, 2.45) is 0 Å². The van der Waals surface area contributed by atoms with Crippen LogP contribution in [0.5, 0.6) is 0 Å². The van der Waals surface area contributed by atoms with Crippen LogP contribution in [-0.2, 0) is 0 Å². The molecule has 0 radical (unpaired) electrons. The van der Waals surface area contributed by atoms with Gasteiger partial charge in [-0.2, -0.15) is 0 Å². The van der Waals surface area contributed by atoms with Crippen LogP contribution in [0.2, 0.25) is 0 Å². The van der Waals surface area contributed by atoms with Crippen LogP contribution in [0.3, 0.4) is 0 Å². The summed E-state index contributed by atoms with van der Waals surface area (Å²) in [5.74, 6) is 0.174. The van der Waals surface area contributed by atoms with Crippen LogP contribution in [0, 0.1) is 3.57 Å². The van der Waals surface area contributed by atoms with Crippen molar-refractivity contribution in [1.29, 1.82) is 0 Å². The van der Waals surface area contributed by atoms with Crippen LogP contribution in [0.1, 0.15) is 49.9 Å². The first-order chi connectivity index (χ1) is 8.69. The predicted octanol–water partition coefficient (Wildman–Crippen LogP) is 4.33. The Hall–Kier alpha value is -0.580. The predicted molar refractivity (Wildman–Crippen MR) is 84.9 cm³/mol. The van der Waals surface area contributed by atoms with Crippen molar-refractivity contribution >= 4 is 28.5 Å². The second-order valence-electron chi connectivity index (χ2n) is 4.51. The zero-order valence-electron chi connectivity index (χ0n) is 11.3. The van der Waals surface area contributed by atoms with E-state index in [1.54, 1.807) is 0 Å². The maximum Gasteiger partial charge on any atom is 0.253 e. The highest BCUT2D eigenvalue weighted by Crippen LogP contribution is 2.11. The van der Waals surface area contributed by atoms with E-state index in [1.807, 2.05) is 29.2 Å². The summed E-state index contributed by atoms with van der Waals surface area (Å²) in [5, 5.41) is 0. The van der Waals surface area contributed by atoms with E-state index in [2.05, 4.69) is 36.4 Å². The van der Waals surface area contributed by atoms with Crippen molar-refractivity contribution in [3.63, 3.8) is 0 Å². The minimum atomic E-state index is 0.174. The van der Waals surface area contributed by atoms with Gasteiger partial charge in [0.05, 0.1) is 0 Å². The summed E-state index contributed by atoms with van der Waals surface area (Å²) in [4.78, 5) is 14.4. The molecule has 2 nitrogen and oxygen atoms in total. The molecule has 18 heavy (non-hydrogen) atoms. The van der Waals surface area contributed by atoms with Crippen LogP contribution >= 0.6 is 22.6 Å². The normalized spacial score (nSPS) is 10.4. The van der Waals surface area contributed by atoms with Gasteiger partial charge in [-0.3, -0.25) is 4.79 Å². The lowest BCUT2D eigenvalue weighted by Crippen LogP contribution is -2.32. The zero-order valence-corrected chi connectivity index (χ0v) is 13.4. The molecule has 1 amide bonds. The maximum atomic E-state index is 12.4. The first-order valence-electron chi connectivity index (χ1n) is 6.73. The molecule has 0 aromatic heterocycles. The average Bonchev–Trinajstić information content (AvgIpc) is 2.39. The van der Waals surface area contributed by atoms with E-state index >= 15 is 0 Å². The molecular formula is C15H22INO. The third kappa shape index (κ3) is 4.96. The summed E-state index contributed by atoms with van der Waals surface area (Å²) in [6, 6.07) is 7.83. The minimum Gasteiger partial charge on any atom is -0.339 e. The highest BCUT2D eigenvalue weighted by molar-refractivity contribution is 14.1. The Bertz CT molecular complexity index is 353. The quantitative estimate of drug-likeness (QED) is 0.664. The molecule has 0 unspecified atom stereocenters. The molecule has 0 aliphatic rings. The molecule has 1 aromatic carbocycles. The second-order valence-corrected chi connectivity index (χ2v) is 5.75. The Morgan fingerprint density at radius 1 is 1.06 bits per heavy atom. The van der Waals surface area contributed by atoms with Gasteiger partial charge in [0, 0.05) is 22.2 Å². The van der Waals surface area contributed by atoms with E-state index in [9.17, 15) is 4.79 Å². The van der Waals surface area contributed by atoms with Gasteiger partial charge in [-0.05, 0) is 59.7 Å². The fourth-order valence-corrected chi connectivity index (χ4v) is 2.15. The summed E-state index contributed by atoms with van der Waals surface area (Å²) < 4.78 is 1.16. The number of hydrogen-bond acceptors (Lipinski definition) is 1. The largest absolute Gasteiger partial charge is 0.339 e. The van der Waals surface area contributed by atoms with E-state index in [-0.39, 0.29) is 5.91 Å². The minimum absolute atomic E-state index is 0.174. The molecule has 0 spiro atoms. The molecule has 0 bridgehead atoms. The molecule has 1 aromatic rings. The van der Waals surface area contributed by atoms with Crippen molar-refractivity contribution < 1.29 is 4.79 Å². The SMILES string of the molecule is CCCCN(CCCC)C(=O)c1ccc(I)cc1. The van der Waals surface area contributed by atoms with Gasteiger partial charge >= 0.3 is 0 Å². The van der Waals surface area contributed by atoms with Gasteiger partial charge < -0.3 is 4.90 Å². The molecule has 0 aliphatic heterocycles. The third-order valence-corrected chi connectivity index (χ3v) is 3.66. The molecule has 0 atom stereocenters. The van der Waals surface area contributed by atoms with Gasteiger partial charge in [0.1, 0.15) is 0 Å². The fourth-order valence-electron chi connectivity index (χ4n) is 1.79. The van der Waals surface area contributed by atoms with Crippen LogP contribution in [-0.4, -0.2) is 23.9 Å². The average molecular weight is 359 g/mol. The highest BCUT2D eigenvalue weighted by Gasteiger charge is 2.14. The van der Waals surface area contributed by atoms with Crippen LogP contribution in [0.15, 0.2) is 24.3 Å². The zero-order chi connectivity index (χ0) is 13.4. The Balaban J connectivity index is 2.70. The van der Waals surface area contributed by atoms with Crippen LogP contribution in [0.4, 0.5) is 0 Å². The molecule has 0 fully saturated rings. The number of carbonyl (C=O) groups excluding carboxylic acids is 1. The topological polar surface area (TPSA) is 20.3 Å². The summed E-state index contributed by atoms with van der Waals surface area (Å²) >= 11 is 2.26. The summed E-state index contributed by atoms with van der Waals surface area (Å²) in [6.45, 7) is 6.07. The van der Waals surface area contributed by atoms with Gasteiger partial charge in [0.25, 0.3) is 5.91 Å². The third-order valence-electron chi connectivity index (χ3n) is 2.94. The lowest BCUT2D eigenvalue weighted by Gasteiger charge is -2.22. The molecule has 3 heteroatoms. The molecule has 0 saturated carbocycles. The first-order valence-corrected chi connectivity index (χ1v) is 7.81. The number of unbranched alkanes of at least 4 members (excludes halogenated alkanes) is 2. The molecule has 0 aliphatic carbocycles. The fraction of sp³-hybridized carbons (Fsp3) is 0.533. The van der Waals surface area contributed by atoms with Crippen molar-refractivity contribution in [2.75, 3.05) is 13.1 Å². The number of nitrogens with zero attached hydrogens (tertiary/aromatic N) is 1. The van der Waals surface area contributed by atoms with Gasteiger partial charge in [-0.1, -0.05) is 26.7 Å². The van der Waals surface area contributed by atoms with Crippen molar-refractivity contribution in [3.8, 4) is 0 Å². The lowest BCUT2D eigenvalue weighted by molar-refractivity contribution is 0.0751. The Morgan fingerprint density at radius 3 is 2.00 bits per heavy atom. The molecule has 100 valence electrons. The summed E-state index contributed by atoms with van der Waals surface area (Å²) in [5.41, 5.74) is 0.808. The monoisotopic (exact) mass is 359 g/mol. The standard InChI is InChI=1S/C15H22INO/c1-3-5-11-17(12-6-4-2)15(18)13-7-9-14(16)10-8-13/h7-10H,3-6,11-12H2,1-2H3. The number of hydrogen-bond donors (Lipinski definition) is 0. The number of halogens is 1. The van der Waals surface area contributed by atoms with Crippen molar-refractivity contribution in [2.45, 2.75) is 39.5 Å².